The largest absolute Gasteiger partial charge is 0.493 e. The predicted molar refractivity (Wildman–Crippen MR) is 99.9 cm³/mol. The van der Waals surface area contributed by atoms with Crippen LogP contribution in [0.5, 0.6) is 17.2 Å². The molecule has 5 heteroatoms. The number of carbonyl (C=O) groups excluding carboxylic acids is 1. The van der Waals surface area contributed by atoms with Gasteiger partial charge in [-0.05, 0) is 55.7 Å². The second-order valence-corrected chi connectivity index (χ2v) is 6.65. The molecule has 0 saturated heterocycles. The summed E-state index contributed by atoms with van der Waals surface area (Å²) in [6.07, 6.45) is 0.784. The number of methoxy groups -OCH3 is 2. The quantitative estimate of drug-likeness (QED) is 0.825. The van der Waals surface area contributed by atoms with Gasteiger partial charge in [-0.2, -0.15) is 0 Å². The zero-order chi connectivity index (χ0) is 18.7. The Balaban J connectivity index is 1.71. The van der Waals surface area contributed by atoms with Crippen molar-refractivity contribution in [3.8, 4) is 17.2 Å². The molecule has 0 saturated carbocycles. The molecule has 26 heavy (non-hydrogen) atoms. The van der Waals surface area contributed by atoms with Gasteiger partial charge in [0.05, 0.1) is 14.2 Å². The lowest BCUT2D eigenvalue weighted by Crippen LogP contribution is -2.44. The van der Waals surface area contributed by atoms with Gasteiger partial charge in [0.15, 0.2) is 18.1 Å². The first kappa shape index (κ1) is 18.1. The molecule has 2 aromatic carbocycles. The molecule has 0 bridgehead atoms. The van der Waals surface area contributed by atoms with Crippen LogP contribution in [0.3, 0.4) is 0 Å². The molecular weight excluding hydrogens is 330 g/mol. The molecule has 3 rings (SSSR count). The summed E-state index contributed by atoms with van der Waals surface area (Å²) in [4.78, 5) is 14.5. The van der Waals surface area contributed by atoms with Crippen molar-refractivity contribution in [3.63, 3.8) is 0 Å². The molecule has 5 nitrogen and oxygen atoms in total. The SMILES string of the molecule is COc1cc2c(cc1OC)CN(C(=O)COc1ccc(C)cc1)C(C)C2. The topological polar surface area (TPSA) is 48.0 Å². The fraction of sp³-hybridized carbons (Fsp3) is 0.381. The van der Waals surface area contributed by atoms with Crippen molar-refractivity contribution in [2.75, 3.05) is 20.8 Å². The average molecular weight is 355 g/mol. The molecule has 0 aliphatic carbocycles. The number of aryl methyl sites for hydroxylation is 1. The third-order valence-corrected chi connectivity index (χ3v) is 4.80. The molecule has 1 aliphatic rings. The molecule has 1 amide bonds. The van der Waals surface area contributed by atoms with Crippen LogP contribution in [-0.2, 0) is 17.8 Å². The molecule has 0 spiro atoms. The van der Waals surface area contributed by atoms with E-state index in [1.165, 1.54) is 5.56 Å². The van der Waals surface area contributed by atoms with Gasteiger partial charge in [-0.15, -0.1) is 0 Å². The van der Waals surface area contributed by atoms with Crippen molar-refractivity contribution in [2.45, 2.75) is 32.9 Å². The number of hydrogen-bond acceptors (Lipinski definition) is 4. The van der Waals surface area contributed by atoms with Crippen LogP contribution in [0.2, 0.25) is 0 Å². The summed E-state index contributed by atoms with van der Waals surface area (Å²) in [6, 6.07) is 11.8. The molecule has 1 atom stereocenters. The van der Waals surface area contributed by atoms with Crippen molar-refractivity contribution >= 4 is 5.91 Å². The lowest BCUT2D eigenvalue weighted by atomic mass is 9.94. The van der Waals surface area contributed by atoms with Crippen LogP contribution < -0.4 is 14.2 Å². The molecule has 0 fully saturated rings. The van der Waals surface area contributed by atoms with Gasteiger partial charge in [-0.3, -0.25) is 4.79 Å². The van der Waals surface area contributed by atoms with Crippen molar-refractivity contribution in [1.29, 1.82) is 0 Å². The van der Waals surface area contributed by atoms with E-state index >= 15 is 0 Å². The van der Waals surface area contributed by atoms with Crippen molar-refractivity contribution in [3.05, 3.63) is 53.1 Å². The van der Waals surface area contributed by atoms with E-state index < -0.39 is 0 Å². The third-order valence-electron chi connectivity index (χ3n) is 4.80. The first-order chi connectivity index (χ1) is 12.5. The number of nitrogens with zero attached hydrogens (tertiary/aromatic N) is 1. The van der Waals surface area contributed by atoms with E-state index in [1.807, 2.05) is 48.2 Å². The fourth-order valence-corrected chi connectivity index (χ4v) is 3.26. The van der Waals surface area contributed by atoms with Gasteiger partial charge in [-0.25, -0.2) is 0 Å². The highest BCUT2D eigenvalue weighted by Gasteiger charge is 2.28. The van der Waals surface area contributed by atoms with E-state index in [1.54, 1.807) is 14.2 Å². The van der Waals surface area contributed by atoms with Gasteiger partial charge in [0.25, 0.3) is 5.91 Å². The van der Waals surface area contributed by atoms with Crippen LogP contribution >= 0.6 is 0 Å². The number of carbonyl (C=O) groups is 1. The van der Waals surface area contributed by atoms with E-state index in [-0.39, 0.29) is 18.6 Å². The van der Waals surface area contributed by atoms with Gasteiger partial charge < -0.3 is 19.1 Å². The van der Waals surface area contributed by atoms with E-state index in [2.05, 4.69) is 6.92 Å². The minimum Gasteiger partial charge on any atom is -0.493 e. The van der Waals surface area contributed by atoms with Gasteiger partial charge in [0.1, 0.15) is 5.75 Å². The highest BCUT2D eigenvalue weighted by molar-refractivity contribution is 5.78. The molecule has 0 radical (unpaired) electrons. The Bertz CT molecular complexity index is 785. The second-order valence-electron chi connectivity index (χ2n) is 6.65. The number of benzene rings is 2. The normalized spacial score (nSPS) is 16.0. The molecule has 0 N–H and O–H groups in total. The van der Waals surface area contributed by atoms with E-state index in [9.17, 15) is 4.79 Å². The zero-order valence-corrected chi connectivity index (χ0v) is 15.7. The average Bonchev–Trinajstić information content (AvgIpc) is 2.65. The summed E-state index contributed by atoms with van der Waals surface area (Å²) in [5.41, 5.74) is 3.44. The molecule has 138 valence electrons. The minimum absolute atomic E-state index is 0.0153. The first-order valence-electron chi connectivity index (χ1n) is 8.74. The van der Waals surface area contributed by atoms with Crippen molar-refractivity contribution in [2.24, 2.45) is 0 Å². The molecule has 0 aromatic heterocycles. The van der Waals surface area contributed by atoms with Crippen molar-refractivity contribution in [1.82, 2.24) is 4.90 Å². The molecular formula is C21H25NO4. The van der Waals surface area contributed by atoms with Gasteiger partial charge in [0.2, 0.25) is 0 Å². The Kier molecular flexibility index (Phi) is 5.35. The highest BCUT2D eigenvalue weighted by Crippen LogP contribution is 2.34. The summed E-state index contributed by atoms with van der Waals surface area (Å²) in [6.45, 7) is 4.66. The van der Waals surface area contributed by atoms with Crippen molar-refractivity contribution < 1.29 is 19.0 Å². The van der Waals surface area contributed by atoms with Gasteiger partial charge in [-0.1, -0.05) is 17.7 Å². The highest BCUT2D eigenvalue weighted by atomic mass is 16.5. The maximum atomic E-state index is 12.7. The maximum absolute atomic E-state index is 12.7. The second kappa shape index (κ2) is 7.68. The number of fused-ring (bicyclic) bond motifs is 1. The van der Waals surface area contributed by atoms with E-state index in [0.717, 1.165) is 23.3 Å². The standard InChI is InChI=1S/C21H25NO4/c1-14-5-7-18(8-6-14)26-13-21(23)22-12-17-11-20(25-4)19(24-3)10-16(17)9-15(22)2/h5-8,10-11,15H,9,12-13H2,1-4H3. The van der Waals surface area contributed by atoms with Crippen LogP contribution in [0, 0.1) is 6.92 Å². The maximum Gasteiger partial charge on any atom is 0.261 e. The summed E-state index contributed by atoms with van der Waals surface area (Å²) < 4.78 is 16.4. The third kappa shape index (κ3) is 3.77. The van der Waals surface area contributed by atoms with E-state index in [4.69, 9.17) is 14.2 Å². The lowest BCUT2D eigenvalue weighted by molar-refractivity contribution is -0.136. The smallest absolute Gasteiger partial charge is 0.261 e. The summed E-state index contributed by atoms with van der Waals surface area (Å²) in [5, 5.41) is 0. The van der Waals surface area contributed by atoms with Crippen LogP contribution in [-0.4, -0.2) is 37.7 Å². The lowest BCUT2D eigenvalue weighted by Gasteiger charge is -2.35. The monoisotopic (exact) mass is 355 g/mol. The molecule has 1 heterocycles. The van der Waals surface area contributed by atoms with Crippen LogP contribution in [0.4, 0.5) is 0 Å². The Morgan fingerprint density at radius 1 is 1.08 bits per heavy atom. The summed E-state index contributed by atoms with van der Waals surface area (Å²) >= 11 is 0. The first-order valence-corrected chi connectivity index (χ1v) is 8.74. The van der Waals surface area contributed by atoms with Crippen LogP contribution in [0.15, 0.2) is 36.4 Å². The van der Waals surface area contributed by atoms with E-state index in [0.29, 0.717) is 18.0 Å². The van der Waals surface area contributed by atoms with Crippen LogP contribution in [0.25, 0.3) is 0 Å². The Morgan fingerprint density at radius 3 is 2.31 bits per heavy atom. The molecule has 1 unspecified atom stereocenters. The minimum atomic E-state index is -0.0153. The molecule has 2 aromatic rings. The fourth-order valence-electron chi connectivity index (χ4n) is 3.26. The summed E-state index contributed by atoms with van der Waals surface area (Å²) in [5.74, 6) is 2.10. The summed E-state index contributed by atoms with van der Waals surface area (Å²) in [7, 11) is 3.25. The number of rotatable bonds is 5. The zero-order valence-electron chi connectivity index (χ0n) is 15.7. The number of hydrogen-bond donors (Lipinski definition) is 0. The Hall–Kier alpha value is -2.69. The van der Waals surface area contributed by atoms with Crippen LogP contribution in [0.1, 0.15) is 23.6 Å². The Morgan fingerprint density at radius 2 is 1.69 bits per heavy atom. The Labute approximate surface area is 154 Å². The molecule has 1 aliphatic heterocycles. The number of amides is 1. The number of ether oxygens (including phenoxy) is 3. The van der Waals surface area contributed by atoms with Gasteiger partial charge >= 0.3 is 0 Å². The predicted octanol–water partition coefficient (Wildman–Crippen LogP) is 3.36. The van der Waals surface area contributed by atoms with Gasteiger partial charge in [0, 0.05) is 12.6 Å².